The van der Waals surface area contributed by atoms with Crippen molar-refractivity contribution in [2.75, 3.05) is 13.7 Å². The normalized spacial score (nSPS) is 26.6. The minimum absolute atomic E-state index is 0.0454. The lowest BCUT2D eigenvalue weighted by molar-refractivity contribution is 0.0555. The summed E-state index contributed by atoms with van der Waals surface area (Å²) >= 11 is 0. The summed E-state index contributed by atoms with van der Waals surface area (Å²) in [5.41, 5.74) is 0. The molecular formula is C11H19N3O3. The van der Waals surface area contributed by atoms with E-state index in [1.807, 2.05) is 13.8 Å². The smallest absolute Gasteiger partial charge is 0.243 e. The van der Waals surface area contributed by atoms with Gasteiger partial charge in [-0.15, -0.1) is 0 Å². The fraction of sp³-hybridized carbons (Fsp3) is 0.818. The van der Waals surface area contributed by atoms with Crippen LogP contribution in [0.5, 0.6) is 0 Å². The van der Waals surface area contributed by atoms with Crippen molar-refractivity contribution < 1.29 is 14.4 Å². The molecule has 17 heavy (non-hydrogen) atoms. The summed E-state index contributed by atoms with van der Waals surface area (Å²) in [6.07, 6.45) is 0.124. The monoisotopic (exact) mass is 241 g/mol. The third-order valence-corrected chi connectivity index (χ3v) is 2.98. The molecule has 3 atom stereocenters. The molecule has 0 radical (unpaired) electrons. The molecule has 2 N–H and O–H groups in total. The first-order chi connectivity index (χ1) is 8.11. The molecule has 96 valence electrons. The summed E-state index contributed by atoms with van der Waals surface area (Å²) in [6.45, 7) is 4.66. The zero-order chi connectivity index (χ0) is 12.4. The summed E-state index contributed by atoms with van der Waals surface area (Å²) in [4.78, 5) is 4.34. The van der Waals surface area contributed by atoms with Gasteiger partial charge < -0.3 is 19.7 Å². The van der Waals surface area contributed by atoms with Crippen LogP contribution in [0.15, 0.2) is 4.52 Å². The second kappa shape index (κ2) is 5.12. The number of ether oxygens (including phenoxy) is 1. The van der Waals surface area contributed by atoms with Crippen LogP contribution in [0.3, 0.4) is 0 Å². The molecule has 6 heteroatoms. The van der Waals surface area contributed by atoms with Crippen molar-refractivity contribution in [1.29, 1.82) is 0 Å². The van der Waals surface area contributed by atoms with Crippen molar-refractivity contribution in [3.05, 3.63) is 11.7 Å². The summed E-state index contributed by atoms with van der Waals surface area (Å²) in [6, 6.07) is -0.0454. The quantitative estimate of drug-likeness (QED) is 0.812. The molecule has 6 nitrogen and oxygen atoms in total. The average Bonchev–Trinajstić information content (AvgIpc) is 2.87. The molecule has 0 aliphatic carbocycles. The Morgan fingerprint density at radius 3 is 2.82 bits per heavy atom. The maximum Gasteiger partial charge on any atom is 0.243 e. The van der Waals surface area contributed by atoms with Gasteiger partial charge in [0, 0.05) is 13.7 Å². The first-order valence-corrected chi connectivity index (χ1v) is 5.89. The van der Waals surface area contributed by atoms with Gasteiger partial charge in [-0.2, -0.15) is 4.98 Å². The molecule has 0 amide bonds. The lowest BCUT2D eigenvalue weighted by Crippen LogP contribution is -2.15. The Morgan fingerprint density at radius 2 is 2.29 bits per heavy atom. The van der Waals surface area contributed by atoms with Gasteiger partial charge in [-0.3, -0.25) is 0 Å². The zero-order valence-electron chi connectivity index (χ0n) is 10.4. The van der Waals surface area contributed by atoms with E-state index in [2.05, 4.69) is 15.5 Å². The second-order valence-corrected chi connectivity index (χ2v) is 4.74. The van der Waals surface area contributed by atoms with Gasteiger partial charge in [-0.25, -0.2) is 0 Å². The Balaban J connectivity index is 2.10. The average molecular weight is 241 g/mol. The van der Waals surface area contributed by atoms with E-state index in [0.717, 1.165) is 0 Å². The summed E-state index contributed by atoms with van der Waals surface area (Å²) in [5, 5.41) is 16.5. The van der Waals surface area contributed by atoms with Crippen molar-refractivity contribution in [2.24, 2.45) is 5.92 Å². The predicted octanol–water partition coefficient (Wildman–Crippen LogP) is 0.808. The molecule has 1 aromatic heterocycles. The van der Waals surface area contributed by atoms with Crippen LogP contribution in [-0.4, -0.2) is 35.0 Å². The lowest BCUT2D eigenvalue weighted by atomic mass is 10.1. The van der Waals surface area contributed by atoms with Gasteiger partial charge in [0.15, 0.2) is 0 Å². The Morgan fingerprint density at radius 1 is 1.53 bits per heavy atom. The highest BCUT2D eigenvalue weighted by Crippen LogP contribution is 2.26. The number of aliphatic hydroxyl groups excluding tert-OH is 1. The topological polar surface area (TPSA) is 80.4 Å². The number of nitrogens with zero attached hydrogens (tertiary/aromatic N) is 2. The van der Waals surface area contributed by atoms with E-state index >= 15 is 0 Å². The van der Waals surface area contributed by atoms with Gasteiger partial charge in [0.2, 0.25) is 11.7 Å². The number of aromatic nitrogens is 2. The van der Waals surface area contributed by atoms with Crippen LogP contribution in [-0.2, 0) is 4.74 Å². The molecule has 1 fully saturated rings. The van der Waals surface area contributed by atoms with Gasteiger partial charge in [-0.1, -0.05) is 19.0 Å². The third-order valence-electron chi connectivity index (χ3n) is 2.98. The highest BCUT2D eigenvalue weighted by molar-refractivity contribution is 4.99. The van der Waals surface area contributed by atoms with E-state index in [4.69, 9.17) is 9.26 Å². The van der Waals surface area contributed by atoms with Crippen molar-refractivity contribution in [1.82, 2.24) is 15.5 Å². The Kier molecular flexibility index (Phi) is 3.76. The number of β-amino-alcohol motifs (C(OH)–C–C–N with tert-alkyl or cyclic N) is 1. The van der Waals surface area contributed by atoms with Crippen molar-refractivity contribution in [3.63, 3.8) is 0 Å². The second-order valence-electron chi connectivity index (χ2n) is 4.74. The Labute approximate surface area is 100 Å². The molecule has 2 heterocycles. The summed E-state index contributed by atoms with van der Waals surface area (Å²) < 4.78 is 10.6. The maximum atomic E-state index is 9.43. The van der Waals surface area contributed by atoms with Gasteiger partial charge in [0.05, 0.1) is 12.1 Å². The van der Waals surface area contributed by atoms with Gasteiger partial charge in [-0.05, 0) is 12.3 Å². The molecule has 1 saturated heterocycles. The fourth-order valence-electron chi connectivity index (χ4n) is 2.09. The van der Waals surface area contributed by atoms with Crippen molar-refractivity contribution in [3.8, 4) is 0 Å². The SMILES string of the molecule is COC(c1noc([C@@H]2C[C@H](O)CN2)n1)C(C)C. The van der Waals surface area contributed by atoms with E-state index < -0.39 is 0 Å². The minimum atomic E-state index is -0.335. The largest absolute Gasteiger partial charge is 0.392 e. The van der Waals surface area contributed by atoms with Gasteiger partial charge in [0.1, 0.15) is 6.10 Å². The molecule has 0 spiro atoms. The van der Waals surface area contributed by atoms with Crippen molar-refractivity contribution >= 4 is 0 Å². The van der Waals surface area contributed by atoms with Gasteiger partial charge in [0.25, 0.3) is 0 Å². The van der Waals surface area contributed by atoms with Crippen LogP contribution in [0.1, 0.15) is 44.1 Å². The number of rotatable bonds is 4. The van der Waals surface area contributed by atoms with Crippen LogP contribution in [0.2, 0.25) is 0 Å². The molecule has 0 aromatic carbocycles. The van der Waals surface area contributed by atoms with E-state index in [1.54, 1.807) is 7.11 Å². The number of hydrogen-bond donors (Lipinski definition) is 2. The zero-order valence-corrected chi connectivity index (χ0v) is 10.4. The molecular weight excluding hydrogens is 222 g/mol. The summed E-state index contributed by atoms with van der Waals surface area (Å²) in [5.74, 6) is 1.38. The molecule has 0 saturated carbocycles. The minimum Gasteiger partial charge on any atom is -0.392 e. The number of methoxy groups -OCH3 is 1. The van der Waals surface area contributed by atoms with Crippen LogP contribution in [0.25, 0.3) is 0 Å². The van der Waals surface area contributed by atoms with Crippen LogP contribution >= 0.6 is 0 Å². The van der Waals surface area contributed by atoms with E-state index in [1.165, 1.54) is 0 Å². The number of nitrogens with one attached hydrogen (secondary N) is 1. The molecule has 1 aliphatic rings. The van der Waals surface area contributed by atoms with E-state index in [-0.39, 0.29) is 24.2 Å². The Hall–Kier alpha value is -0.980. The Bertz CT molecular complexity index is 367. The molecule has 1 unspecified atom stereocenters. The van der Waals surface area contributed by atoms with E-state index in [9.17, 15) is 5.11 Å². The van der Waals surface area contributed by atoms with Crippen LogP contribution < -0.4 is 5.32 Å². The molecule has 0 bridgehead atoms. The van der Waals surface area contributed by atoms with Crippen molar-refractivity contribution in [2.45, 2.75) is 38.5 Å². The lowest BCUT2D eigenvalue weighted by Gasteiger charge is -2.14. The highest BCUT2D eigenvalue weighted by Gasteiger charge is 2.30. The fourth-order valence-corrected chi connectivity index (χ4v) is 2.09. The first-order valence-electron chi connectivity index (χ1n) is 5.89. The third kappa shape index (κ3) is 2.65. The molecule has 2 rings (SSSR count). The van der Waals surface area contributed by atoms with Crippen LogP contribution in [0, 0.1) is 5.92 Å². The number of aliphatic hydroxyl groups is 1. The summed E-state index contributed by atoms with van der Waals surface area (Å²) in [7, 11) is 1.64. The molecule has 1 aromatic rings. The standard InChI is InChI=1S/C11H19N3O3/c1-6(2)9(16-3)10-13-11(17-14-10)8-4-7(15)5-12-8/h6-9,12,15H,4-5H2,1-3H3/t7-,8-,9?/m0/s1. The van der Waals surface area contributed by atoms with Gasteiger partial charge >= 0.3 is 0 Å². The van der Waals surface area contributed by atoms with E-state index in [0.29, 0.717) is 24.7 Å². The number of hydrogen-bond acceptors (Lipinski definition) is 6. The van der Waals surface area contributed by atoms with Crippen LogP contribution in [0.4, 0.5) is 0 Å². The molecule has 1 aliphatic heterocycles. The highest BCUT2D eigenvalue weighted by atomic mass is 16.5. The maximum absolute atomic E-state index is 9.43. The first kappa shape index (κ1) is 12.5. The predicted molar refractivity (Wildman–Crippen MR) is 60.3 cm³/mol.